The molecule has 0 spiro atoms. The fraction of sp³-hybridized carbons (Fsp3) is 0.296. The molecule has 2 aromatic carbocycles. The molecule has 0 saturated carbocycles. The van der Waals surface area contributed by atoms with Gasteiger partial charge in [0.05, 0.1) is 17.7 Å². The Kier molecular flexibility index (Phi) is 8.35. The largest absolute Gasteiger partial charge is 0.506 e. The first-order valence-corrected chi connectivity index (χ1v) is 12.2. The van der Waals surface area contributed by atoms with Crippen molar-refractivity contribution >= 4 is 23.7 Å². The Morgan fingerprint density at radius 2 is 2.00 bits per heavy atom. The van der Waals surface area contributed by atoms with Crippen LogP contribution in [0.5, 0.6) is 23.1 Å². The van der Waals surface area contributed by atoms with Gasteiger partial charge in [0.25, 0.3) is 5.91 Å². The number of rotatable bonds is 9. The number of benzene rings is 2. The molecule has 1 aliphatic heterocycles. The smallest absolute Gasteiger partial charge is 0.493 e. The molecule has 1 aromatic heterocycles. The first-order valence-electron chi connectivity index (χ1n) is 11.8. The SMILES string of the molecule is CC(C)Oc1ncccc1CCNC(=O)c1ccc(Oc2cc3c(cc2Cl)C(OC(=O)O)CCO3)cc1. The zero-order valence-corrected chi connectivity index (χ0v) is 21.2. The Bertz CT molecular complexity index is 1260. The van der Waals surface area contributed by atoms with Crippen LogP contribution in [0, 0.1) is 0 Å². The van der Waals surface area contributed by atoms with E-state index >= 15 is 0 Å². The van der Waals surface area contributed by atoms with Crippen LogP contribution in [0.1, 0.15) is 47.9 Å². The minimum Gasteiger partial charge on any atom is -0.493 e. The molecule has 10 heteroatoms. The minimum absolute atomic E-state index is 0.00977. The van der Waals surface area contributed by atoms with E-state index in [4.69, 9.17) is 35.7 Å². The minimum atomic E-state index is -1.36. The van der Waals surface area contributed by atoms with Crippen molar-refractivity contribution in [1.82, 2.24) is 10.3 Å². The highest BCUT2D eigenvalue weighted by Gasteiger charge is 2.27. The molecule has 0 aliphatic carbocycles. The first-order chi connectivity index (χ1) is 17.8. The van der Waals surface area contributed by atoms with Crippen LogP contribution in [0.15, 0.2) is 54.7 Å². The Morgan fingerprint density at radius 3 is 2.73 bits per heavy atom. The monoisotopic (exact) mass is 526 g/mol. The maximum Gasteiger partial charge on any atom is 0.506 e. The molecule has 0 fully saturated rings. The molecule has 1 amide bonds. The van der Waals surface area contributed by atoms with Crippen molar-refractivity contribution in [3.8, 4) is 23.1 Å². The summed E-state index contributed by atoms with van der Waals surface area (Å²) < 4.78 is 22.2. The average molecular weight is 527 g/mol. The van der Waals surface area contributed by atoms with E-state index in [0.29, 0.717) is 60.2 Å². The summed E-state index contributed by atoms with van der Waals surface area (Å²) in [5, 5.41) is 12.1. The predicted molar refractivity (Wildman–Crippen MR) is 136 cm³/mol. The van der Waals surface area contributed by atoms with Gasteiger partial charge in [-0.2, -0.15) is 0 Å². The molecule has 3 aromatic rings. The lowest BCUT2D eigenvalue weighted by atomic mass is 10.0. The van der Waals surface area contributed by atoms with Gasteiger partial charge in [0.1, 0.15) is 23.4 Å². The lowest BCUT2D eigenvalue weighted by molar-refractivity contribution is 0.0326. The molecule has 2 N–H and O–H groups in total. The molecular weight excluding hydrogens is 500 g/mol. The molecule has 0 bridgehead atoms. The van der Waals surface area contributed by atoms with Gasteiger partial charge in [-0.15, -0.1) is 0 Å². The zero-order valence-electron chi connectivity index (χ0n) is 20.4. The van der Waals surface area contributed by atoms with E-state index < -0.39 is 12.3 Å². The van der Waals surface area contributed by atoms with Gasteiger partial charge < -0.3 is 29.4 Å². The number of carbonyl (C=O) groups excluding carboxylic acids is 1. The molecule has 194 valence electrons. The number of nitrogens with one attached hydrogen (secondary N) is 1. The third-order valence-electron chi connectivity index (χ3n) is 5.51. The van der Waals surface area contributed by atoms with E-state index in [1.54, 1.807) is 42.6 Å². The first kappa shape index (κ1) is 26.1. The van der Waals surface area contributed by atoms with E-state index in [0.717, 1.165) is 5.56 Å². The number of carboxylic acid groups (broad SMARTS) is 1. The summed E-state index contributed by atoms with van der Waals surface area (Å²) in [5.74, 6) is 1.61. The van der Waals surface area contributed by atoms with Crippen molar-refractivity contribution in [3.63, 3.8) is 0 Å². The summed E-state index contributed by atoms with van der Waals surface area (Å²) in [5.41, 5.74) is 1.95. The highest BCUT2D eigenvalue weighted by atomic mass is 35.5. The second kappa shape index (κ2) is 11.8. The summed E-state index contributed by atoms with van der Waals surface area (Å²) in [4.78, 5) is 27.8. The maximum atomic E-state index is 12.6. The van der Waals surface area contributed by atoms with E-state index in [2.05, 4.69) is 10.3 Å². The van der Waals surface area contributed by atoms with Crippen molar-refractivity contribution in [2.24, 2.45) is 0 Å². The van der Waals surface area contributed by atoms with Gasteiger partial charge in [-0.25, -0.2) is 9.78 Å². The van der Waals surface area contributed by atoms with Gasteiger partial charge in [0, 0.05) is 41.9 Å². The number of ether oxygens (including phenoxy) is 4. The number of halogens is 1. The van der Waals surface area contributed by atoms with Crippen molar-refractivity contribution in [2.75, 3.05) is 13.2 Å². The molecule has 37 heavy (non-hydrogen) atoms. The van der Waals surface area contributed by atoms with Gasteiger partial charge in [-0.05, 0) is 56.7 Å². The van der Waals surface area contributed by atoms with E-state index in [1.165, 1.54) is 0 Å². The van der Waals surface area contributed by atoms with E-state index in [-0.39, 0.29) is 17.0 Å². The fourth-order valence-electron chi connectivity index (χ4n) is 3.84. The summed E-state index contributed by atoms with van der Waals surface area (Å²) in [6.07, 6.45) is 0.654. The van der Waals surface area contributed by atoms with Crippen LogP contribution >= 0.6 is 11.6 Å². The average Bonchev–Trinajstić information content (AvgIpc) is 2.86. The van der Waals surface area contributed by atoms with Crippen LogP contribution in [-0.4, -0.2) is 41.4 Å². The lowest BCUT2D eigenvalue weighted by Crippen LogP contribution is -2.25. The van der Waals surface area contributed by atoms with Gasteiger partial charge in [0.2, 0.25) is 5.88 Å². The third kappa shape index (κ3) is 6.83. The van der Waals surface area contributed by atoms with Crippen molar-refractivity contribution in [1.29, 1.82) is 0 Å². The van der Waals surface area contributed by atoms with Crippen LogP contribution in [0.25, 0.3) is 0 Å². The lowest BCUT2D eigenvalue weighted by Gasteiger charge is -2.25. The molecule has 9 nitrogen and oxygen atoms in total. The number of carbonyl (C=O) groups is 2. The normalized spacial score (nSPS) is 14.3. The summed E-state index contributed by atoms with van der Waals surface area (Å²) in [6, 6.07) is 13.6. The van der Waals surface area contributed by atoms with Gasteiger partial charge >= 0.3 is 6.16 Å². The standard InChI is InChI=1S/C27H27ClN2O7/c1-16(2)35-26-18(4-3-11-30-26)9-12-29-25(31)17-5-7-19(8-6-17)36-24-15-23-20(14-21(24)28)22(10-13-34-23)37-27(32)33/h3-8,11,14-16,22H,9-10,12-13H2,1-2H3,(H,29,31)(H,32,33). The number of fused-ring (bicyclic) bond motifs is 1. The van der Waals surface area contributed by atoms with Crippen molar-refractivity contribution in [3.05, 3.63) is 76.4 Å². The van der Waals surface area contributed by atoms with Gasteiger partial charge in [0.15, 0.2) is 0 Å². The Hall–Kier alpha value is -3.98. The molecule has 1 unspecified atom stereocenters. The highest BCUT2D eigenvalue weighted by Crippen LogP contribution is 2.42. The number of hydrogen-bond acceptors (Lipinski definition) is 7. The zero-order chi connectivity index (χ0) is 26.4. The summed E-state index contributed by atoms with van der Waals surface area (Å²) in [6.45, 7) is 4.61. The molecule has 1 atom stereocenters. The fourth-order valence-corrected chi connectivity index (χ4v) is 4.05. The number of pyridine rings is 1. The molecule has 4 rings (SSSR count). The highest BCUT2D eigenvalue weighted by molar-refractivity contribution is 6.32. The number of nitrogens with zero attached hydrogens (tertiary/aromatic N) is 1. The second-order valence-corrected chi connectivity index (χ2v) is 9.00. The topological polar surface area (TPSA) is 116 Å². The van der Waals surface area contributed by atoms with Gasteiger partial charge in [-0.1, -0.05) is 17.7 Å². The van der Waals surface area contributed by atoms with Gasteiger partial charge in [-0.3, -0.25) is 4.79 Å². The molecule has 0 saturated heterocycles. The molecule has 2 heterocycles. The third-order valence-corrected chi connectivity index (χ3v) is 5.81. The summed E-state index contributed by atoms with van der Waals surface area (Å²) in [7, 11) is 0. The summed E-state index contributed by atoms with van der Waals surface area (Å²) >= 11 is 6.38. The van der Waals surface area contributed by atoms with Crippen LogP contribution in [-0.2, 0) is 11.2 Å². The number of aromatic nitrogens is 1. The Morgan fingerprint density at radius 1 is 1.22 bits per heavy atom. The Labute approximate surface area is 219 Å². The quantitative estimate of drug-likeness (QED) is 0.336. The molecular formula is C27H27ClN2O7. The van der Waals surface area contributed by atoms with Crippen LogP contribution in [0.4, 0.5) is 4.79 Å². The van der Waals surface area contributed by atoms with Crippen molar-refractivity contribution < 1.29 is 33.6 Å². The van der Waals surface area contributed by atoms with E-state index in [1.807, 2.05) is 26.0 Å². The number of hydrogen-bond donors (Lipinski definition) is 2. The number of amides is 1. The maximum absolute atomic E-state index is 12.6. The molecule has 0 radical (unpaired) electrons. The van der Waals surface area contributed by atoms with Crippen LogP contribution < -0.4 is 19.5 Å². The Balaban J connectivity index is 1.36. The second-order valence-electron chi connectivity index (χ2n) is 8.60. The predicted octanol–water partition coefficient (Wildman–Crippen LogP) is 5.81. The van der Waals surface area contributed by atoms with Crippen LogP contribution in [0.2, 0.25) is 5.02 Å². The van der Waals surface area contributed by atoms with E-state index in [9.17, 15) is 9.59 Å². The van der Waals surface area contributed by atoms with Crippen molar-refractivity contribution in [2.45, 2.75) is 38.9 Å². The van der Waals surface area contributed by atoms with Crippen LogP contribution in [0.3, 0.4) is 0 Å². The molecule has 1 aliphatic rings.